The fraction of sp³-hybridized carbons (Fsp3) is 0.292. The molecule has 0 aliphatic carbocycles. The third-order valence-electron chi connectivity index (χ3n) is 4.79. The van der Waals surface area contributed by atoms with Gasteiger partial charge in [-0.15, -0.1) is 11.3 Å². The molecular formula is C24H27BrN2O3S. The number of halogens is 1. The standard InChI is InChI=1S/C24H27BrN2O3S/c1-29-23-13-19(9-10-22(23)30-16-18-7-3-2-4-8-18)24(28)27(12-6-5-11-26)15-21-14-20(25)17-31-21/h2-4,7-10,13-14,17H,5-6,11-12,15-16,26H2,1H3. The van der Waals surface area contributed by atoms with E-state index < -0.39 is 0 Å². The second-order valence-corrected chi connectivity index (χ2v) is 9.01. The van der Waals surface area contributed by atoms with Crippen LogP contribution in [-0.2, 0) is 13.2 Å². The van der Waals surface area contributed by atoms with Crippen LogP contribution in [-0.4, -0.2) is 31.0 Å². The summed E-state index contributed by atoms with van der Waals surface area (Å²) >= 11 is 5.12. The van der Waals surface area contributed by atoms with Crippen molar-refractivity contribution < 1.29 is 14.3 Å². The van der Waals surface area contributed by atoms with Crippen LogP contribution in [0.2, 0.25) is 0 Å². The Morgan fingerprint density at radius 2 is 1.90 bits per heavy atom. The molecule has 0 saturated heterocycles. The molecule has 1 aromatic heterocycles. The summed E-state index contributed by atoms with van der Waals surface area (Å²) in [6, 6.07) is 17.3. The summed E-state index contributed by atoms with van der Waals surface area (Å²) in [4.78, 5) is 16.3. The van der Waals surface area contributed by atoms with E-state index in [0.29, 0.717) is 43.3 Å². The summed E-state index contributed by atoms with van der Waals surface area (Å²) in [7, 11) is 1.58. The largest absolute Gasteiger partial charge is 0.493 e. The minimum Gasteiger partial charge on any atom is -0.493 e. The molecule has 0 fully saturated rings. The van der Waals surface area contributed by atoms with Crippen LogP contribution in [0.25, 0.3) is 0 Å². The topological polar surface area (TPSA) is 64.8 Å². The molecule has 0 radical (unpaired) electrons. The average Bonchev–Trinajstić information content (AvgIpc) is 3.21. The molecule has 0 spiro atoms. The molecule has 0 bridgehead atoms. The predicted octanol–water partition coefficient (Wildman–Crippen LogP) is 5.48. The number of methoxy groups -OCH3 is 1. The lowest BCUT2D eigenvalue weighted by Crippen LogP contribution is -2.31. The Balaban J connectivity index is 1.74. The highest BCUT2D eigenvalue weighted by Gasteiger charge is 2.19. The molecule has 3 aromatic rings. The molecule has 5 nitrogen and oxygen atoms in total. The first-order chi connectivity index (χ1) is 15.1. The molecule has 2 N–H and O–H groups in total. The number of rotatable bonds is 11. The third-order valence-corrected chi connectivity index (χ3v) is 6.47. The van der Waals surface area contributed by atoms with Gasteiger partial charge in [-0.2, -0.15) is 0 Å². The van der Waals surface area contributed by atoms with E-state index in [-0.39, 0.29) is 5.91 Å². The molecule has 2 aromatic carbocycles. The van der Waals surface area contributed by atoms with E-state index in [0.717, 1.165) is 27.8 Å². The SMILES string of the molecule is COc1cc(C(=O)N(CCCCN)Cc2cc(Br)cs2)ccc1OCc1ccccc1. The summed E-state index contributed by atoms with van der Waals surface area (Å²) in [5.41, 5.74) is 7.29. The Kier molecular flexibility index (Phi) is 8.94. The monoisotopic (exact) mass is 502 g/mol. The second kappa shape index (κ2) is 11.9. The number of carbonyl (C=O) groups excluding carboxylic acids is 1. The molecule has 31 heavy (non-hydrogen) atoms. The minimum absolute atomic E-state index is 0.0329. The van der Waals surface area contributed by atoms with Crippen molar-refractivity contribution >= 4 is 33.2 Å². The van der Waals surface area contributed by atoms with Crippen LogP contribution in [0.3, 0.4) is 0 Å². The smallest absolute Gasteiger partial charge is 0.254 e. The van der Waals surface area contributed by atoms with Gasteiger partial charge in [-0.3, -0.25) is 4.79 Å². The Morgan fingerprint density at radius 1 is 1.10 bits per heavy atom. The molecule has 0 aliphatic heterocycles. The fourth-order valence-electron chi connectivity index (χ4n) is 3.16. The van der Waals surface area contributed by atoms with Gasteiger partial charge in [-0.25, -0.2) is 0 Å². The number of amides is 1. The average molecular weight is 503 g/mol. The number of nitrogens with zero attached hydrogens (tertiary/aromatic N) is 1. The van der Waals surface area contributed by atoms with Crippen molar-refractivity contribution in [3.05, 3.63) is 80.5 Å². The lowest BCUT2D eigenvalue weighted by atomic mass is 10.1. The maximum Gasteiger partial charge on any atom is 0.254 e. The highest BCUT2D eigenvalue weighted by atomic mass is 79.9. The van der Waals surface area contributed by atoms with E-state index in [4.69, 9.17) is 15.2 Å². The maximum atomic E-state index is 13.3. The van der Waals surface area contributed by atoms with Gasteiger partial charge in [0.1, 0.15) is 6.61 Å². The highest BCUT2D eigenvalue weighted by Crippen LogP contribution is 2.30. The number of nitrogens with two attached hydrogens (primary N) is 1. The zero-order chi connectivity index (χ0) is 22.1. The number of hydrogen-bond donors (Lipinski definition) is 1. The molecule has 7 heteroatoms. The Hall–Kier alpha value is -2.35. The van der Waals surface area contributed by atoms with Crippen molar-refractivity contribution in [3.8, 4) is 11.5 Å². The van der Waals surface area contributed by atoms with E-state index in [9.17, 15) is 4.79 Å². The molecule has 0 aliphatic rings. The van der Waals surface area contributed by atoms with Crippen molar-refractivity contribution in [1.82, 2.24) is 4.90 Å². The number of hydrogen-bond acceptors (Lipinski definition) is 5. The number of benzene rings is 2. The van der Waals surface area contributed by atoms with Gasteiger partial charge in [0.05, 0.1) is 13.7 Å². The zero-order valence-electron chi connectivity index (χ0n) is 17.6. The van der Waals surface area contributed by atoms with Gasteiger partial charge in [0.15, 0.2) is 11.5 Å². The van der Waals surface area contributed by atoms with Crippen molar-refractivity contribution in [2.24, 2.45) is 5.73 Å². The lowest BCUT2D eigenvalue weighted by molar-refractivity contribution is 0.0741. The van der Waals surface area contributed by atoms with Gasteiger partial charge in [0.25, 0.3) is 5.91 Å². The summed E-state index contributed by atoms with van der Waals surface area (Å²) < 4.78 is 12.5. The molecule has 1 heterocycles. The Bertz CT molecular complexity index is 978. The third kappa shape index (κ3) is 6.82. The molecule has 0 unspecified atom stereocenters. The van der Waals surface area contributed by atoms with Gasteiger partial charge >= 0.3 is 0 Å². The Morgan fingerprint density at radius 3 is 2.58 bits per heavy atom. The van der Waals surface area contributed by atoms with Crippen LogP contribution >= 0.6 is 27.3 Å². The first kappa shape index (κ1) is 23.3. The summed E-state index contributed by atoms with van der Waals surface area (Å²) in [5.74, 6) is 1.12. The lowest BCUT2D eigenvalue weighted by Gasteiger charge is -2.23. The van der Waals surface area contributed by atoms with Crippen LogP contribution < -0.4 is 15.2 Å². The van der Waals surface area contributed by atoms with E-state index in [1.54, 1.807) is 36.6 Å². The predicted molar refractivity (Wildman–Crippen MR) is 129 cm³/mol. The van der Waals surface area contributed by atoms with Crippen LogP contribution in [0, 0.1) is 0 Å². The van der Waals surface area contributed by atoms with Crippen LogP contribution in [0.15, 0.2) is 64.5 Å². The molecule has 164 valence electrons. The van der Waals surface area contributed by atoms with Crippen LogP contribution in [0.5, 0.6) is 11.5 Å². The number of carbonyl (C=O) groups is 1. The highest BCUT2D eigenvalue weighted by molar-refractivity contribution is 9.10. The summed E-state index contributed by atoms with van der Waals surface area (Å²) in [6.07, 6.45) is 1.75. The maximum absolute atomic E-state index is 13.3. The van der Waals surface area contributed by atoms with Crippen molar-refractivity contribution in [1.29, 1.82) is 0 Å². The van der Waals surface area contributed by atoms with Crippen molar-refractivity contribution in [2.45, 2.75) is 26.0 Å². The summed E-state index contributed by atoms with van der Waals surface area (Å²) in [6.45, 7) is 2.27. The summed E-state index contributed by atoms with van der Waals surface area (Å²) in [5, 5.41) is 2.03. The number of thiophene rings is 1. The van der Waals surface area contributed by atoms with Gasteiger partial charge in [0, 0.05) is 26.8 Å². The second-order valence-electron chi connectivity index (χ2n) is 7.09. The molecule has 0 atom stereocenters. The van der Waals surface area contributed by atoms with Crippen molar-refractivity contribution in [3.63, 3.8) is 0 Å². The van der Waals surface area contributed by atoms with Crippen LogP contribution in [0.4, 0.5) is 0 Å². The first-order valence-electron chi connectivity index (χ1n) is 10.2. The van der Waals surface area contributed by atoms with E-state index >= 15 is 0 Å². The fourth-order valence-corrected chi connectivity index (χ4v) is 4.63. The van der Waals surface area contributed by atoms with Gasteiger partial charge in [-0.05, 0) is 65.1 Å². The first-order valence-corrected chi connectivity index (χ1v) is 11.8. The molecule has 3 rings (SSSR count). The van der Waals surface area contributed by atoms with Gasteiger partial charge in [0.2, 0.25) is 0 Å². The number of unbranched alkanes of at least 4 members (excludes halogenated alkanes) is 1. The number of ether oxygens (including phenoxy) is 2. The van der Waals surface area contributed by atoms with Gasteiger partial charge < -0.3 is 20.1 Å². The van der Waals surface area contributed by atoms with Gasteiger partial charge in [-0.1, -0.05) is 30.3 Å². The van der Waals surface area contributed by atoms with Crippen LogP contribution in [0.1, 0.15) is 33.6 Å². The quantitative estimate of drug-likeness (QED) is 0.352. The normalized spacial score (nSPS) is 10.7. The van der Waals surface area contributed by atoms with E-state index in [1.165, 1.54) is 0 Å². The molecule has 0 saturated carbocycles. The van der Waals surface area contributed by atoms with E-state index in [1.807, 2.05) is 40.6 Å². The van der Waals surface area contributed by atoms with Crippen molar-refractivity contribution in [2.75, 3.05) is 20.2 Å². The minimum atomic E-state index is -0.0329. The zero-order valence-corrected chi connectivity index (χ0v) is 20.0. The molecular weight excluding hydrogens is 476 g/mol. The molecule has 1 amide bonds. The Labute approximate surface area is 195 Å². The van der Waals surface area contributed by atoms with E-state index in [2.05, 4.69) is 22.0 Å².